The number of sulfonamides is 1. The van der Waals surface area contributed by atoms with Gasteiger partial charge in [0.15, 0.2) is 0 Å². The maximum Gasteiger partial charge on any atom is 0.255 e. The minimum absolute atomic E-state index is 0.0221. The highest BCUT2D eigenvalue weighted by molar-refractivity contribution is 7.89. The van der Waals surface area contributed by atoms with Crippen LogP contribution in [0.1, 0.15) is 23.0 Å². The lowest BCUT2D eigenvalue weighted by molar-refractivity contribution is 0.0952. The van der Waals surface area contributed by atoms with Gasteiger partial charge in [0.05, 0.1) is 30.4 Å². The van der Waals surface area contributed by atoms with Crippen molar-refractivity contribution in [2.75, 3.05) is 13.7 Å². The molecule has 0 bridgehead atoms. The number of rotatable bonds is 7. The fraction of sp³-hybridized carbons (Fsp3) is 0.267. The van der Waals surface area contributed by atoms with E-state index >= 15 is 0 Å². The first-order chi connectivity index (χ1) is 11.0. The molecule has 2 aromatic rings. The molecule has 0 radical (unpaired) electrons. The van der Waals surface area contributed by atoms with Gasteiger partial charge in [-0.2, -0.15) is 0 Å². The monoisotopic (exact) mass is 338 g/mol. The van der Waals surface area contributed by atoms with Crippen LogP contribution < -0.4 is 14.8 Å². The molecular weight excluding hydrogens is 320 g/mol. The van der Waals surface area contributed by atoms with Gasteiger partial charge in [-0.15, -0.1) is 0 Å². The molecule has 124 valence electrons. The molecule has 0 aliphatic carbocycles. The largest absolute Gasteiger partial charge is 0.496 e. The second kappa shape index (κ2) is 7.30. The van der Waals surface area contributed by atoms with Crippen molar-refractivity contribution in [1.29, 1.82) is 0 Å². The molecule has 0 spiro atoms. The van der Waals surface area contributed by atoms with E-state index in [0.717, 1.165) is 0 Å². The minimum Gasteiger partial charge on any atom is -0.496 e. The smallest absolute Gasteiger partial charge is 0.255 e. The summed E-state index contributed by atoms with van der Waals surface area (Å²) in [4.78, 5) is 12.0. The van der Waals surface area contributed by atoms with E-state index in [1.165, 1.54) is 31.6 Å². The topological polar surface area (TPSA) is 97.6 Å². The first-order valence-electron chi connectivity index (χ1n) is 6.96. The van der Waals surface area contributed by atoms with Gasteiger partial charge < -0.3 is 14.5 Å². The number of benzene rings is 1. The van der Waals surface area contributed by atoms with Gasteiger partial charge in [-0.3, -0.25) is 4.79 Å². The van der Waals surface area contributed by atoms with Crippen molar-refractivity contribution >= 4 is 15.9 Å². The van der Waals surface area contributed by atoms with E-state index in [4.69, 9.17) is 9.15 Å². The molecule has 1 amide bonds. The molecule has 2 rings (SSSR count). The van der Waals surface area contributed by atoms with Crippen molar-refractivity contribution in [1.82, 2.24) is 10.0 Å². The Morgan fingerprint density at radius 1 is 1.30 bits per heavy atom. The fourth-order valence-corrected chi connectivity index (χ4v) is 2.97. The van der Waals surface area contributed by atoms with Crippen molar-refractivity contribution in [3.05, 3.63) is 47.9 Å². The van der Waals surface area contributed by atoms with Crippen LogP contribution in [0.3, 0.4) is 0 Å². The van der Waals surface area contributed by atoms with E-state index in [1.807, 2.05) is 0 Å². The van der Waals surface area contributed by atoms with E-state index in [1.54, 1.807) is 19.1 Å². The molecule has 7 nitrogen and oxygen atoms in total. The highest BCUT2D eigenvalue weighted by atomic mass is 32.2. The van der Waals surface area contributed by atoms with E-state index < -0.39 is 15.9 Å². The highest BCUT2D eigenvalue weighted by Gasteiger charge is 2.19. The zero-order chi connectivity index (χ0) is 16.9. The van der Waals surface area contributed by atoms with Gasteiger partial charge in [0.2, 0.25) is 10.0 Å². The zero-order valence-electron chi connectivity index (χ0n) is 12.8. The summed E-state index contributed by atoms with van der Waals surface area (Å²) in [5, 5.41) is 2.62. The summed E-state index contributed by atoms with van der Waals surface area (Å²) in [6.45, 7) is 2.23. The number of hydrogen-bond donors (Lipinski definition) is 2. The Labute approximate surface area is 134 Å². The number of ether oxygens (including phenoxy) is 1. The van der Waals surface area contributed by atoms with Gasteiger partial charge in [0, 0.05) is 6.54 Å². The average molecular weight is 338 g/mol. The summed E-state index contributed by atoms with van der Waals surface area (Å²) in [6, 6.07) is 7.45. The first kappa shape index (κ1) is 17.0. The summed E-state index contributed by atoms with van der Waals surface area (Å²) in [5.41, 5.74) is 0.162. The molecule has 0 aliphatic rings. The Morgan fingerprint density at radius 3 is 2.70 bits per heavy atom. The summed E-state index contributed by atoms with van der Waals surface area (Å²) in [6.07, 6.45) is 1.46. The summed E-state index contributed by atoms with van der Waals surface area (Å²) < 4.78 is 37.3. The van der Waals surface area contributed by atoms with Crippen LogP contribution in [0.2, 0.25) is 0 Å². The van der Waals surface area contributed by atoms with Gasteiger partial charge in [0.1, 0.15) is 11.5 Å². The molecule has 1 aromatic carbocycles. The van der Waals surface area contributed by atoms with Gasteiger partial charge >= 0.3 is 0 Å². The Balaban J connectivity index is 2.27. The number of methoxy groups -OCH3 is 1. The number of nitrogens with one attached hydrogen (secondary N) is 2. The molecule has 23 heavy (non-hydrogen) atoms. The summed E-state index contributed by atoms with van der Waals surface area (Å²) in [5.74, 6) is 0.402. The number of carbonyl (C=O) groups is 1. The second-order valence-corrected chi connectivity index (χ2v) is 6.39. The van der Waals surface area contributed by atoms with Crippen LogP contribution >= 0.6 is 0 Å². The van der Waals surface area contributed by atoms with Crippen LogP contribution in [0, 0.1) is 0 Å². The van der Waals surface area contributed by atoms with E-state index in [-0.39, 0.29) is 17.0 Å². The lowest BCUT2D eigenvalue weighted by atomic mass is 10.2. The molecule has 8 heteroatoms. The van der Waals surface area contributed by atoms with Crippen molar-refractivity contribution < 1.29 is 22.4 Å². The normalized spacial score (nSPS) is 11.2. The van der Waals surface area contributed by atoms with Crippen molar-refractivity contribution in [3.8, 4) is 5.75 Å². The fourth-order valence-electron chi connectivity index (χ4n) is 1.95. The van der Waals surface area contributed by atoms with Crippen molar-refractivity contribution in [3.63, 3.8) is 0 Å². The van der Waals surface area contributed by atoms with Crippen molar-refractivity contribution in [2.24, 2.45) is 0 Å². The lowest BCUT2D eigenvalue weighted by Gasteiger charge is -2.11. The van der Waals surface area contributed by atoms with Crippen LogP contribution in [0.25, 0.3) is 0 Å². The SMILES string of the molecule is CCNC(=O)c1cc(S(=O)(=O)NCc2ccco2)ccc1OC. The standard InChI is InChI=1S/C15H18N2O5S/c1-3-16-15(18)13-9-12(6-7-14(13)21-2)23(19,20)17-10-11-5-4-8-22-11/h4-9,17H,3,10H2,1-2H3,(H,16,18). The predicted octanol–water partition coefficient (Wildman–Crippen LogP) is 1.52. The van der Waals surface area contributed by atoms with E-state index in [0.29, 0.717) is 18.1 Å². The maximum absolute atomic E-state index is 12.3. The minimum atomic E-state index is -3.78. The molecule has 0 saturated heterocycles. The third-order valence-corrected chi connectivity index (χ3v) is 4.48. The molecule has 0 aliphatic heterocycles. The molecule has 0 unspecified atom stereocenters. The average Bonchev–Trinajstić information content (AvgIpc) is 3.06. The van der Waals surface area contributed by atoms with Crippen molar-refractivity contribution in [2.45, 2.75) is 18.4 Å². The predicted molar refractivity (Wildman–Crippen MR) is 83.7 cm³/mol. The Hall–Kier alpha value is -2.32. The summed E-state index contributed by atoms with van der Waals surface area (Å²) in [7, 11) is -2.36. The lowest BCUT2D eigenvalue weighted by Crippen LogP contribution is -2.25. The first-order valence-corrected chi connectivity index (χ1v) is 8.44. The van der Waals surface area contributed by atoms with Gasteiger partial charge in [-0.05, 0) is 37.3 Å². The Morgan fingerprint density at radius 2 is 2.09 bits per heavy atom. The van der Waals surface area contributed by atoms with Crippen LogP contribution in [0.5, 0.6) is 5.75 Å². The molecular formula is C15H18N2O5S. The van der Waals surface area contributed by atoms with Crippen LogP contribution in [-0.2, 0) is 16.6 Å². The summed E-state index contributed by atoms with van der Waals surface area (Å²) >= 11 is 0. The Kier molecular flexibility index (Phi) is 5.41. The van der Waals surface area contributed by atoms with E-state index in [9.17, 15) is 13.2 Å². The number of hydrogen-bond acceptors (Lipinski definition) is 5. The molecule has 0 atom stereocenters. The van der Waals surface area contributed by atoms with Crippen LogP contribution in [-0.4, -0.2) is 28.0 Å². The molecule has 1 heterocycles. The third kappa shape index (κ3) is 4.11. The molecule has 0 saturated carbocycles. The van der Waals surface area contributed by atoms with Gasteiger partial charge in [0.25, 0.3) is 5.91 Å². The number of furan rings is 1. The maximum atomic E-state index is 12.3. The van der Waals surface area contributed by atoms with Crippen LogP contribution in [0.15, 0.2) is 45.9 Å². The molecule has 0 fully saturated rings. The van der Waals surface area contributed by atoms with Gasteiger partial charge in [-0.25, -0.2) is 13.1 Å². The second-order valence-electron chi connectivity index (χ2n) is 4.63. The van der Waals surface area contributed by atoms with Crippen LogP contribution in [0.4, 0.5) is 0 Å². The molecule has 1 aromatic heterocycles. The quantitative estimate of drug-likeness (QED) is 0.797. The van der Waals surface area contributed by atoms with Gasteiger partial charge in [-0.1, -0.05) is 0 Å². The zero-order valence-corrected chi connectivity index (χ0v) is 13.6. The number of amides is 1. The highest BCUT2D eigenvalue weighted by Crippen LogP contribution is 2.22. The third-order valence-electron chi connectivity index (χ3n) is 3.08. The Bertz CT molecular complexity index is 769. The number of carbonyl (C=O) groups excluding carboxylic acids is 1. The van der Waals surface area contributed by atoms with E-state index in [2.05, 4.69) is 10.0 Å². The molecule has 2 N–H and O–H groups in total.